The van der Waals surface area contributed by atoms with Gasteiger partial charge in [-0.2, -0.15) is 0 Å². The van der Waals surface area contributed by atoms with Gasteiger partial charge in [0.1, 0.15) is 0 Å². The average molecular weight is 265 g/mol. The molecule has 1 saturated carbocycles. The first-order valence-electron chi connectivity index (χ1n) is 8.63. The molecule has 1 spiro atoms. The number of nitrogens with one attached hydrogen (secondary N) is 1. The zero-order valence-electron chi connectivity index (χ0n) is 12.6. The summed E-state index contributed by atoms with van der Waals surface area (Å²) in [5, 5.41) is 3.66. The highest BCUT2D eigenvalue weighted by molar-refractivity contribution is 4.90. The molecule has 0 aromatic rings. The predicted octanol–water partition coefficient (Wildman–Crippen LogP) is 3.89. The van der Waals surface area contributed by atoms with Crippen LogP contribution in [0, 0.1) is 11.8 Å². The minimum absolute atomic E-state index is 0.302. The maximum atomic E-state index is 6.23. The maximum absolute atomic E-state index is 6.23. The Hall–Kier alpha value is -0.0800. The van der Waals surface area contributed by atoms with Crippen molar-refractivity contribution in [1.29, 1.82) is 0 Å². The molecule has 3 unspecified atom stereocenters. The Kier molecular flexibility index (Phi) is 4.48. The quantitative estimate of drug-likeness (QED) is 0.818. The van der Waals surface area contributed by atoms with Crippen molar-refractivity contribution in [3.63, 3.8) is 0 Å². The Morgan fingerprint density at radius 1 is 1.05 bits per heavy atom. The van der Waals surface area contributed by atoms with E-state index in [0.717, 1.165) is 24.5 Å². The van der Waals surface area contributed by atoms with Crippen LogP contribution in [0.1, 0.15) is 71.1 Å². The van der Waals surface area contributed by atoms with E-state index >= 15 is 0 Å². The van der Waals surface area contributed by atoms with Gasteiger partial charge in [0.05, 0.1) is 5.60 Å². The lowest BCUT2D eigenvalue weighted by Crippen LogP contribution is -2.43. The normalized spacial score (nSPS) is 39.3. The van der Waals surface area contributed by atoms with Crippen molar-refractivity contribution >= 4 is 0 Å². The summed E-state index contributed by atoms with van der Waals surface area (Å²) in [6, 6.07) is 0.746. The fraction of sp³-hybridized carbons (Fsp3) is 1.00. The van der Waals surface area contributed by atoms with Crippen LogP contribution in [-0.4, -0.2) is 24.8 Å². The average Bonchev–Trinajstić information content (AvgIpc) is 2.42. The van der Waals surface area contributed by atoms with E-state index in [1.165, 1.54) is 70.8 Å². The van der Waals surface area contributed by atoms with E-state index in [-0.39, 0.29) is 0 Å². The number of hydrogen-bond donors (Lipinski definition) is 1. The first kappa shape index (κ1) is 13.9. The van der Waals surface area contributed by atoms with Crippen LogP contribution in [0.2, 0.25) is 0 Å². The van der Waals surface area contributed by atoms with E-state index in [4.69, 9.17) is 4.74 Å². The van der Waals surface area contributed by atoms with Crippen LogP contribution in [0.5, 0.6) is 0 Å². The first-order valence-corrected chi connectivity index (χ1v) is 8.63. The Balaban J connectivity index is 1.50. The summed E-state index contributed by atoms with van der Waals surface area (Å²) < 4.78 is 6.23. The van der Waals surface area contributed by atoms with Gasteiger partial charge >= 0.3 is 0 Å². The fourth-order valence-electron chi connectivity index (χ4n) is 4.61. The van der Waals surface area contributed by atoms with Gasteiger partial charge < -0.3 is 10.1 Å². The van der Waals surface area contributed by atoms with Crippen molar-refractivity contribution in [3.8, 4) is 0 Å². The summed E-state index contributed by atoms with van der Waals surface area (Å²) in [7, 11) is 0. The highest BCUT2D eigenvalue weighted by Crippen LogP contribution is 2.42. The van der Waals surface area contributed by atoms with Gasteiger partial charge in [-0.15, -0.1) is 0 Å². The molecule has 1 aliphatic carbocycles. The minimum atomic E-state index is 0.302. The van der Waals surface area contributed by atoms with Gasteiger partial charge in [-0.05, 0) is 70.3 Å². The maximum Gasteiger partial charge on any atom is 0.0685 e. The van der Waals surface area contributed by atoms with Crippen LogP contribution in [0.4, 0.5) is 0 Å². The van der Waals surface area contributed by atoms with Crippen molar-refractivity contribution in [3.05, 3.63) is 0 Å². The third-order valence-corrected chi connectivity index (χ3v) is 5.79. The molecule has 19 heavy (non-hydrogen) atoms. The second-order valence-corrected chi connectivity index (χ2v) is 7.44. The Labute approximate surface area is 118 Å². The van der Waals surface area contributed by atoms with Crippen LogP contribution in [-0.2, 0) is 4.74 Å². The molecular weight excluding hydrogens is 234 g/mol. The summed E-state index contributed by atoms with van der Waals surface area (Å²) in [5.74, 6) is 1.87. The molecule has 0 radical (unpaired) electrons. The molecule has 0 aromatic heterocycles. The predicted molar refractivity (Wildman–Crippen MR) is 79.3 cm³/mol. The van der Waals surface area contributed by atoms with Crippen molar-refractivity contribution in [1.82, 2.24) is 5.32 Å². The summed E-state index contributed by atoms with van der Waals surface area (Å²) in [4.78, 5) is 0. The van der Waals surface area contributed by atoms with E-state index < -0.39 is 0 Å². The van der Waals surface area contributed by atoms with Crippen molar-refractivity contribution in [2.24, 2.45) is 11.8 Å². The molecule has 2 heteroatoms. The van der Waals surface area contributed by atoms with Crippen molar-refractivity contribution in [2.75, 3.05) is 13.2 Å². The Morgan fingerprint density at radius 2 is 1.89 bits per heavy atom. The van der Waals surface area contributed by atoms with E-state index in [2.05, 4.69) is 12.2 Å². The van der Waals surface area contributed by atoms with Gasteiger partial charge in [0, 0.05) is 12.6 Å². The molecule has 3 rings (SSSR count). The van der Waals surface area contributed by atoms with Gasteiger partial charge in [-0.25, -0.2) is 0 Å². The molecule has 3 aliphatic rings. The fourth-order valence-corrected chi connectivity index (χ4v) is 4.61. The lowest BCUT2D eigenvalue weighted by Gasteiger charge is -2.44. The lowest BCUT2D eigenvalue weighted by molar-refractivity contribution is -0.120. The molecule has 2 heterocycles. The Morgan fingerprint density at radius 3 is 2.63 bits per heavy atom. The van der Waals surface area contributed by atoms with E-state index in [1.54, 1.807) is 0 Å². The molecule has 110 valence electrons. The third-order valence-electron chi connectivity index (χ3n) is 5.79. The van der Waals surface area contributed by atoms with E-state index in [0.29, 0.717) is 5.60 Å². The number of ether oxygens (including phenoxy) is 1. The number of piperidine rings is 1. The van der Waals surface area contributed by atoms with Gasteiger partial charge in [-0.3, -0.25) is 0 Å². The smallest absolute Gasteiger partial charge is 0.0685 e. The highest BCUT2D eigenvalue weighted by atomic mass is 16.5. The lowest BCUT2D eigenvalue weighted by atomic mass is 9.73. The SMILES string of the molecule is CC1CCC(CC2CCOC3(CCCCC3)C2)CN1. The van der Waals surface area contributed by atoms with Crippen LogP contribution in [0.3, 0.4) is 0 Å². The zero-order chi connectivity index (χ0) is 13.1. The minimum Gasteiger partial charge on any atom is -0.375 e. The highest BCUT2D eigenvalue weighted by Gasteiger charge is 2.39. The molecule has 0 amide bonds. The van der Waals surface area contributed by atoms with E-state index in [1.807, 2.05) is 0 Å². The summed E-state index contributed by atoms with van der Waals surface area (Å²) >= 11 is 0. The molecule has 2 saturated heterocycles. The number of hydrogen-bond acceptors (Lipinski definition) is 2. The standard InChI is InChI=1S/C17H31NO/c1-14-5-6-16(13-18-14)11-15-7-10-19-17(12-15)8-3-2-4-9-17/h14-16,18H,2-13H2,1H3. The summed E-state index contributed by atoms with van der Waals surface area (Å²) in [6.07, 6.45) is 13.8. The molecule has 1 N–H and O–H groups in total. The Bertz CT molecular complexity index is 271. The monoisotopic (exact) mass is 265 g/mol. The van der Waals surface area contributed by atoms with Crippen molar-refractivity contribution in [2.45, 2.75) is 82.8 Å². The number of rotatable bonds is 2. The molecular formula is C17H31NO. The van der Waals surface area contributed by atoms with Crippen LogP contribution in [0.25, 0.3) is 0 Å². The molecule has 2 aliphatic heterocycles. The van der Waals surface area contributed by atoms with Gasteiger partial charge in [0.2, 0.25) is 0 Å². The first-order chi connectivity index (χ1) is 9.26. The van der Waals surface area contributed by atoms with Crippen molar-refractivity contribution < 1.29 is 4.74 Å². The van der Waals surface area contributed by atoms with Gasteiger partial charge in [0.15, 0.2) is 0 Å². The largest absolute Gasteiger partial charge is 0.375 e. The second kappa shape index (κ2) is 6.13. The molecule has 3 fully saturated rings. The third kappa shape index (κ3) is 3.52. The molecule has 0 aromatic carbocycles. The summed E-state index contributed by atoms with van der Waals surface area (Å²) in [6.45, 7) is 4.61. The van der Waals surface area contributed by atoms with E-state index in [9.17, 15) is 0 Å². The van der Waals surface area contributed by atoms with Gasteiger partial charge in [0.25, 0.3) is 0 Å². The molecule has 2 nitrogen and oxygen atoms in total. The van der Waals surface area contributed by atoms with Crippen LogP contribution in [0.15, 0.2) is 0 Å². The topological polar surface area (TPSA) is 21.3 Å². The molecule has 0 bridgehead atoms. The zero-order valence-corrected chi connectivity index (χ0v) is 12.6. The second-order valence-electron chi connectivity index (χ2n) is 7.44. The molecule has 3 atom stereocenters. The van der Waals surface area contributed by atoms with Gasteiger partial charge in [-0.1, -0.05) is 19.3 Å². The summed E-state index contributed by atoms with van der Waals surface area (Å²) in [5.41, 5.74) is 0.302. The van der Waals surface area contributed by atoms with Crippen LogP contribution >= 0.6 is 0 Å². The van der Waals surface area contributed by atoms with Crippen LogP contribution < -0.4 is 5.32 Å².